The van der Waals surface area contributed by atoms with Gasteiger partial charge in [0, 0.05) is 55.4 Å². The maximum Gasteiger partial charge on any atom is 0.292 e. The number of aromatic nitrogens is 1. The number of benzene rings is 2. The number of hydrogen-bond acceptors (Lipinski definition) is 6. The lowest BCUT2D eigenvalue weighted by atomic mass is 10.2. The Balaban J connectivity index is 1.59. The third-order valence-corrected chi connectivity index (χ3v) is 6.87. The molecule has 4 rings (SSSR count). The molecule has 0 unspecified atom stereocenters. The average molecular weight is 398 g/mol. The summed E-state index contributed by atoms with van der Waals surface area (Å²) in [6, 6.07) is 13.4. The molecule has 1 aliphatic rings. The van der Waals surface area contributed by atoms with Crippen LogP contribution < -0.4 is 4.90 Å². The van der Waals surface area contributed by atoms with Gasteiger partial charge >= 0.3 is 0 Å². The topological polar surface area (TPSA) is 96.6 Å². The van der Waals surface area contributed by atoms with E-state index < -0.39 is 14.9 Å². The molecule has 0 radical (unpaired) electrons. The Morgan fingerprint density at radius 2 is 1.71 bits per heavy atom. The summed E-state index contributed by atoms with van der Waals surface area (Å²) in [4.78, 5) is 17.0. The molecule has 9 heteroatoms. The normalized spacial score (nSPS) is 15.6. The first-order valence-electron chi connectivity index (χ1n) is 8.80. The Labute approximate surface area is 162 Å². The standard InChI is InChI=1S/C19H18N4O4S/c24-23(25)18-6-2-1-5-17(18)21-10-12-22(13-11-21)28(26,27)19-7-3-4-15-14-20-9-8-16(15)19/h1-9,14H,10-13H2. The fourth-order valence-corrected chi connectivity index (χ4v) is 5.15. The van der Waals surface area contributed by atoms with Crippen LogP contribution in [0.4, 0.5) is 11.4 Å². The van der Waals surface area contributed by atoms with Crippen LogP contribution in [-0.4, -0.2) is 48.8 Å². The minimum atomic E-state index is -3.68. The van der Waals surface area contributed by atoms with Gasteiger partial charge < -0.3 is 4.90 Å². The molecule has 1 saturated heterocycles. The van der Waals surface area contributed by atoms with Crippen LogP contribution in [0.3, 0.4) is 0 Å². The van der Waals surface area contributed by atoms with Gasteiger partial charge in [-0.15, -0.1) is 0 Å². The van der Waals surface area contributed by atoms with Crippen LogP contribution in [0.2, 0.25) is 0 Å². The second kappa shape index (κ2) is 7.17. The number of sulfonamides is 1. The van der Waals surface area contributed by atoms with Crippen molar-refractivity contribution in [2.45, 2.75) is 4.90 Å². The summed E-state index contributed by atoms with van der Waals surface area (Å²) in [6.07, 6.45) is 3.22. The van der Waals surface area contributed by atoms with Crippen LogP contribution >= 0.6 is 0 Å². The Morgan fingerprint density at radius 1 is 0.964 bits per heavy atom. The largest absolute Gasteiger partial charge is 0.363 e. The molecule has 1 fully saturated rings. The number of hydrogen-bond donors (Lipinski definition) is 0. The van der Waals surface area contributed by atoms with Gasteiger partial charge in [0.1, 0.15) is 5.69 Å². The smallest absolute Gasteiger partial charge is 0.292 e. The lowest BCUT2D eigenvalue weighted by Gasteiger charge is -2.35. The van der Waals surface area contributed by atoms with Crippen LogP contribution in [0.5, 0.6) is 0 Å². The zero-order chi connectivity index (χ0) is 19.7. The minimum absolute atomic E-state index is 0.0281. The summed E-state index contributed by atoms with van der Waals surface area (Å²) in [6.45, 7) is 1.29. The molecule has 0 N–H and O–H groups in total. The monoisotopic (exact) mass is 398 g/mol. The Bertz CT molecular complexity index is 1140. The number of para-hydroxylation sites is 2. The highest BCUT2D eigenvalue weighted by Crippen LogP contribution is 2.30. The molecular formula is C19H18N4O4S. The second-order valence-corrected chi connectivity index (χ2v) is 8.40. The Morgan fingerprint density at radius 3 is 2.46 bits per heavy atom. The first-order chi connectivity index (χ1) is 13.5. The molecular weight excluding hydrogens is 380 g/mol. The highest BCUT2D eigenvalue weighted by molar-refractivity contribution is 7.89. The van der Waals surface area contributed by atoms with Gasteiger partial charge in [-0.3, -0.25) is 15.1 Å². The van der Waals surface area contributed by atoms with E-state index in [9.17, 15) is 18.5 Å². The summed E-state index contributed by atoms with van der Waals surface area (Å²) < 4.78 is 27.8. The minimum Gasteiger partial charge on any atom is -0.363 e. The van der Waals surface area contributed by atoms with E-state index in [0.717, 1.165) is 5.39 Å². The number of pyridine rings is 1. The van der Waals surface area contributed by atoms with E-state index in [1.807, 2.05) is 11.0 Å². The molecule has 2 heterocycles. The van der Waals surface area contributed by atoms with Crippen molar-refractivity contribution in [2.75, 3.05) is 31.1 Å². The van der Waals surface area contributed by atoms with Crippen molar-refractivity contribution in [1.29, 1.82) is 0 Å². The number of nitrogens with zero attached hydrogens (tertiary/aromatic N) is 4. The van der Waals surface area contributed by atoms with Crippen LogP contribution in [0.15, 0.2) is 65.8 Å². The molecule has 0 saturated carbocycles. The molecule has 8 nitrogen and oxygen atoms in total. The van der Waals surface area contributed by atoms with Crippen LogP contribution in [0.25, 0.3) is 10.8 Å². The Kier molecular flexibility index (Phi) is 4.70. The van der Waals surface area contributed by atoms with Gasteiger partial charge in [-0.2, -0.15) is 4.31 Å². The second-order valence-electron chi connectivity index (χ2n) is 6.49. The first-order valence-corrected chi connectivity index (χ1v) is 10.2. The number of rotatable bonds is 4. The molecule has 3 aromatic rings. The van der Waals surface area contributed by atoms with Crippen molar-refractivity contribution in [3.05, 3.63) is 71.0 Å². The van der Waals surface area contributed by atoms with E-state index in [1.54, 1.807) is 48.8 Å². The van der Waals surface area contributed by atoms with Crippen molar-refractivity contribution in [3.8, 4) is 0 Å². The number of piperazine rings is 1. The lowest BCUT2D eigenvalue weighted by molar-refractivity contribution is -0.384. The molecule has 28 heavy (non-hydrogen) atoms. The average Bonchev–Trinajstić information content (AvgIpc) is 2.73. The van der Waals surface area contributed by atoms with Crippen molar-refractivity contribution in [1.82, 2.24) is 9.29 Å². The van der Waals surface area contributed by atoms with E-state index in [0.29, 0.717) is 24.2 Å². The van der Waals surface area contributed by atoms with Gasteiger partial charge in [-0.25, -0.2) is 8.42 Å². The lowest BCUT2D eigenvalue weighted by Crippen LogP contribution is -2.48. The molecule has 1 aliphatic heterocycles. The summed E-state index contributed by atoms with van der Waals surface area (Å²) in [7, 11) is -3.68. The molecule has 2 aromatic carbocycles. The predicted molar refractivity (Wildman–Crippen MR) is 106 cm³/mol. The van der Waals surface area contributed by atoms with Crippen molar-refractivity contribution in [3.63, 3.8) is 0 Å². The summed E-state index contributed by atoms with van der Waals surface area (Å²) in [5, 5.41) is 12.7. The van der Waals surface area contributed by atoms with E-state index in [2.05, 4.69) is 4.98 Å². The molecule has 0 amide bonds. The number of anilines is 1. The third kappa shape index (κ3) is 3.19. The fraction of sp³-hybridized carbons (Fsp3) is 0.211. The van der Waals surface area contributed by atoms with Crippen LogP contribution in [0.1, 0.15) is 0 Å². The SMILES string of the molecule is O=[N+]([O-])c1ccccc1N1CCN(S(=O)(=O)c2cccc3cnccc23)CC1. The quantitative estimate of drug-likeness (QED) is 0.495. The molecule has 0 spiro atoms. The van der Waals surface area contributed by atoms with Gasteiger partial charge in [-0.1, -0.05) is 24.3 Å². The number of nitro benzene ring substituents is 1. The van der Waals surface area contributed by atoms with E-state index in [1.165, 1.54) is 10.4 Å². The van der Waals surface area contributed by atoms with Gasteiger partial charge in [0.15, 0.2) is 0 Å². The third-order valence-electron chi connectivity index (χ3n) is 4.92. The Hall–Kier alpha value is -3.04. The number of fused-ring (bicyclic) bond motifs is 1. The van der Waals surface area contributed by atoms with E-state index >= 15 is 0 Å². The summed E-state index contributed by atoms with van der Waals surface area (Å²) in [5.41, 5.74) is 0.543. The van der Waals surface area contributed by atoms with E-state index in [4.69, 9.17) is 0 Å². The van der Waals surface area contributed by atoms with Crippen molar-refractivity contribution >= 4 is 32.2 Å². The maximum absolute atomic E-state index is 13.2. The highest BCUT2D eigenvalue weighted by Gasteiger charge is 2.31. The van der Waals surface area contributed by atoms with Gasteiger partial charge in [0.05, 0.1) is 9.82 Å². The van der Waals surface area contributed by atoms with Gasteiger partial charge in [0.25, 0.3) is 5.69 Å². The first kappa shape index (κ1) is 18.3. The molecule has 144 valence electrons. The van der Waals surface area contributed by atoms with Gasteiger partial charge in [0.2, 0.25) is 10.0 Å². The van der Waals surface area contributed by atoms with Crippen molar-refractivity contribution in [2.24, 2.45) is 0 Å². The molecule has 0 aliphatic carbocycles. The van der Waals surface area contributed by atoms with Crippen molar-refractivity contribution < 1.29 is 13.3 Å². The summed E-state index contributed by atoms with van der Waals surface area (Å²) >= 11 is 0. The molecule has 0 bridgehead atoms. The highest BCUT2D eigenvalue weighted by atomic mass is 32.2. The zero-order valence-electron chi connectivity index (χ0n) is 14.9. The summed E-state index contributed by atoms with van der Waals surface area (Å²) in [5.74, 6) is 0. The molecule has 1 aromatic heterocycles. The fourth-order valence-electron chi connectivity index (χ4n) is 3.51. The maximum atomic E-state index is 13.2. The zero-order valence-corrected chi connectivity index (χ0v) is 15.7. The van der Waals surface area contributed by atoms with Crippen LogP contribution in [0, 0.1) is 10.1 Å². The number of nitro groups is 1. The van der Waals surface area contributed by atoms with E-state index in [-0.39, 0.29) is 23.7 Å². The molecule has 0 atom stereocenters. The predicted octanol–water partition coefficient (Wildman–Crippen LogP) is 2.65. The van der Waals surface area contributed by atoms with Gasteiger partial charge in [-0.05, 0) is 18.2 Å². The van der Waals surface area contributed by atoms with Crippen LogP contribution in [-0.2, 0) is 10.0 Å².